The molecule has 44 heavy (non-hydrogen) atoms. The number of likely N-dealkylation sites (N-methyl/N-ethyl adjacent to an activating group) is 1. The number of ether oxygens (including phenoxy) is 1. The van der Waals surface area contributed by atoms with Gasteiger partial charge in [-0.1, -0.05) is 37.5 Å². The van der Waals surface area contributed by atoms with Gasteiger partial charge < -0.3 is 14.7 Å². The van der Waals surface area contributed by atoms with E-state index in [2.05, 4.69) is 11.0 Å². The van der Waals surface area contributed by atoms with Gasteiger partial charge in [0.25, 0.3) is 0 Å². The molecule has 4 aromatic rings. The molecule has 2 aromatic carbocycles. The molecule has 232 valence electrons. The quantitative estimate of drug-likeness (QED) is 0.216. The summed E-state index contributed by atoms with van der Waals surface area (Å²) in [6.07, 6.45) is 5.24. The fourth-order valence-electron chi connectivity index (χ4n) is 6.46. The lowest BCUT2D eigenvalue weighted by Gasteiger charge is -2.36. The molecule has 0 saturated heterocycles. The van der Waals surface area contributed by atoms with E-state index < -0.39 is 26.7 Å². The summed E-state index contributed by atoms with van der Waals surface area (Å²) in [7, 11) is -2.34. The van der Waals surface area contributed by atoms with Gasteiger partial charge in [0.1, 0.15) is 27.9 Å². The van der Waals surface area contributed by atoms with Crippen molar-refractivity contribution in [3.63, 3.8) is 0 Å². The molecule has 6 rings (SSSR count). The van der Waals surface area contributed by atoms with Crippen LogP contribution in [-0.2, 0) is 16.6 Å². The van der Waals surface area contributed by atoms with E-state index in [1.165, 1.54) is 10.4 Å². The van der Waals surface area contributed by atoms with Crippen LogP contribution in [0, 0.1) is 25.6 Å². The van der Waals surface area contributed by atoms with Crippen molar-refractivity contribution in [3.8, 4) is 16.2 Å². The highest BCUT2D eigenvalue weighted by atomic mass is 32.2. The summed E-state index contributed by atoms with van der Waals surface area (Å²) >= 11 is 2.43. The highest BCUT2D eigenvalue weighted by Crippen LogP contribution is 2.47. The first-order valence-corrected chi connectivity index (χ1v) is 17.8. The van der Waals surface area contributed by atoms with E-state index in [0.29, 0.717) is 23.5 Å². The molecule has 2 aromatic heterocycles. The Balaban J connectivity index is 1.55. The van der Waals surface area contributed by atoms with Crippen LogP contribution in [0.25, 0.3) is 10.4 Å². The second-order valence-electron chi connectivity index (χ2n) is 11.6. The average molecular weight is 655 g/mol. The second-order valence-corrected chi connectivity index (χ2v) is 16.0. The van der Waals surface area contributed by atoms with Gasteiger partial charge >= 0.3 is 5.97 Å². The van der Waals surface area contributed by atoms with Crippen LogP contribution < -0.4 is 9.64 Å². The molecule has 1 saturated carbocycles. The van der Waals surface area contributed by atoms with Crippen molar-refractivity contribution < 1.29 is 27.4 Å². The van der Waals surface area contributed by atoms with Crippen LogP contribution in [0.2, 0.25) is 0 Å². The number of nitrogens with zero attached hydrogens (tertiary/aromatic N) is 2. The molecule has 1 aliphatic heterocycles. The van der Waals surface area contributed by atoms with Crippen molar-refractivity contribution in [1.29, 1.82) is 0 Å². The number of anilines is 2. The summed E-state index contributed by atoms with van der Waals surface area (Å²) in [5, 5.41) is 9.57. The van der Waals surface area contributed by atoms with E-state index in [1.807, 2.05) is 44.2 Å². The number of carboxylic acid groups (broad SMARTS) is 1. The topological polar surface area (TPSA) is 87.1 Å². The number of aryl methyl sites for hydroxylation is 2. The maximum atomic E-state index is 14.8. The first kappa shape index (κ1) is 30.8. The normalized spacial score (nSPS) is 19.0. The van der Waals surface area contributed by atoms with Gasteiger partial charge in [-0.05, 0) is 62.9 Å². The lowest BCUT2D eigenvalue weighted by atomic mass is 9.83. The lowest BCUT2D eigenvalue weighted by Crippen LogP contribution is -2.46. The van der Waals surface area contributed by atoms with E-state index in [1.54, 1.807) is 24.5 Å². The minimum Gasteiger partial charge on any atom is -0.488 e. The lowest BCUT2D eigenvalue weighted by molar-refractivity contribution is 0.0697. The molecule has 11 heteroatoms. The Labute approximate surface area is 265 Å². The number of thiophene rings is 2. The van der Waals surface area contributed by atoms with Gasteiger partial charge in [0.2, 0.25) is 10.0 Å². The summed E-state index contributed by atoms with van der Waals surface area (Å²) in [6.45, 7) is 4.74. The molecule has 1 aliphatic carbocycles. The van der Waals surface area contributed by atoms with Gasteiger partial charge in [0.15, 0.2) is 0 Å². The molecule has 2 aliphatic rings. The SMILES string of the molecule is Cc1cc(COc2cc3c(cc2-c2cc(F)c(C(=O)O)s2)S(=O)(=O)N(C)[C@H](C2CCCCC2)CN3c2ccccc2)c(C)s1. The first-order valence-electron chi connectivity index (χ1n) is 14.7. The van der Waals surface area contributed by atoms with Crippen molar-refractivity contribution in [2.75, 3.05) is 18.5 Å². The Morgan fingerprint density at radius 2 is 1.77 bits per heavy atom. The Hall–Kier alpha value is -3.25. The van der Waals surface area contributed by atoms with Crippen LogP contribution in [0.15, 0.2) is 59.5 Å². The van der Waals surface area contributed by atoms with Crippen molar-refractivity contribution in [2.24, 2.45) is 5.92 Å². The smallest absolute Gasteiger partial charge is 0.348 e. The van der Waals surface area contributed by atoms with Gasteiger partial charge in [0, 0.05) is 57.1 Å². The maximum Gasteiger partial charge on any atom is 0.348 e. The number of sulfonamides is 1. The molecule has 0 unspecified atom stereocenters. The van der Waals surface area contributed by atoms with Crippen LogP contribution in [0.4, 0.5) is 15.8 Å². The molecule has 1 fully saturated rings. The molecular formula is C33H35FN2O5S3. The van der Waals surface area contributed by atoms with Crippen molar-refractivity contribution in [2.45, 2.75) is 63.5 Å². The molecule has 1 N–H and O–H groups in total. The molecule has 7 nitrogen and oxygen atoms in total. The number of hydrogen-bond donors (Lipinski definition) is 1. The van der Waals surface area contributed by atoms with Crippen molar-refractivity contribution in [1.82, 2.24) is 4.31 Å². The molecular weight excluding hydrogens is 620 g/mol. The minimum atomic E-state index is -4.00. The average Bonchev–Trinajstić information content (AvgIpc) is 3.54. The number of carbonyl (C=O) groups is 1. The van der Waals surface area contributed by atoms with E-state index in [9.17, 15) is 22.7 Å². The summed E-state index contributed by atoms with van der Waals surface area (Å²) in [6, 6.07) is 16.0. The maximum absolute atomic E-state index is 14.8. The largest absolute Gasteiger partial charge is 0.488 e. The van der Waals surface area contributed by atoms with E-state index in [0.717, 1.165) is 70.5 Å². The Kier molecular flexibility index (Phi) is 8.58. The standard InChI is InChI=1S/C33H35FN2O5S3/c1-20-14-23(21(2)42-20)19-41-29-17-27-31(15-25(29)30-16-26(34)32(43-30)33(37)38)44(39,40)35(3)28(22-10-6-4-7-11-22)18-36(27)24-12-8-5-9-13-24/h5,8-9,12-17,22,28H,4,6-7,10-11,18-19H2,1-3H3,(H,37,38)/t28-/m0/s1. The molecule has 0 bridgehead atoms. The molecule has 1 atom stereocenters. The van der Waals surface area contributed by atoms with E-state index in [4.69, 9.17) is 4.74 Å². The Morgan fingerprint density at radius 1 is 1.05 bits per heavy atom. The summed E-state index contributed by atoms with van der Waals surface area (Å²) < 4.78 is 51.6. The molecule has 0 amide bonds. The summed E-state index contributed by atoms with van der Waals surface area (Å²) in [5.41, 5.74) is 2.68. The van der Waals surface area contributed by atoms with E-state index in [-0.39, 0.29) is 28.3 Å². The van der Waals surface area contributed by atoms with Gasteiger partial charge in [-0.3, -0.25) is 0 Å². The zero-order chi connectivity index (χ0) is 31.2. The number of carboxylic acids is 1. The number of halogens is 1. The van der Waals surface area contributed by atoms with Gasteiger partial charge in [-0.15, -0.1) is 22.7 Å². The third kappa shape index (κ3) is 5.78. The Morgan fingerprint density at radius 3 is 2.41 bits per heavy atom. The Bertz CT molecular complexity index is 1800. The van der Waals surface area contributed by atoms with Gasteiger partial charge in [-0.2, -0.15) is 4.31 Å². The van der Waals surface area contributed by atoms with E-state index >= 15 is 0 Å². The number of fused-ring (bicyclic) bond motifs is 1. The number of benzene rings is 2. The highest BCUT2D eigenvalue weighted by molar-refractivity contribution is 7.89. The fourth-order valence-corrected chi connectivity index (χ4v) is 9.89. The van der Waals surface area contributed by atoms with Crippen molar-refractivity contribution >= 4 is 50.0 Å². The zero-order valence-corrected chi connectivity index (χ0v) is 27.3. The fraction of sp³-hybridized carbons (Fsp3) is 0.364. The van der Waals surface area contributed by atoms with Crippen molar-refractivity contribution in [3.05, 3.63) is 80.6 Å². The monoisotopic (exact) mass is 654 g/mol. The molecule has 0 spiro atoms. The second kappa shape index (κ2) is 12.3. The van der Waals surface area contributed by atoms with Crippen LogP contribution in [0.3, 0.4) is 0 Å². The summed E-state index contributed by atoms with van der Waals surface area (Å²) in [5.74, 6) is -1.67. The highest BCUT2D eigenvalue weighted by Gasteiger charge is 2.41. The van der Waals surface area contributed by atoms with Crippen LogP contribution in [-0.4, -0.2) is 43.4 Å². The van der Waals surface area contributed by atoms with Crippen LogP contribution >= 0.6 is 22.7 Å². The van der Waals surface area contributed by atoms with Crippen LogP contribution in [0.1, 0.15) is 57.1 Å². The number of para-hydroxylation sites is 1. The molecule has 3 heterocycles. The third-order valence-corrected chi connectivity index (χ3v) is 12.8. The third-order valence-electron chi connectivity index (χ3n) is 8.78. The number of aromatic carboxylic acids is 1. The van der Waals surface area contributed by atoms with Gasteiger partial charge in [0.05, 0.1) is 5.69 Å². The predicted molar refractivity (Wildman–Crippen MR) is 174 cm³/mol. The molecule has 0 radical (unpaired) electrons. The van der Waals surface area contributed by atoms with Gasteiger partial charge in [-0.25, -0.2) is 17.6 Å². The predicted octanol–water partition coefficient (Wildman–Crippen LogP) is 8.23. The van der Waals surface area contributed by atoms with Crippen LogP contribution in [0.5, 0.6) is 5.75 Å². The first-order chi connectivity index (χ1) is 21.0. The number of hydrogen-bond acceptors (Lipinski definition) is 7. The minimum absolute atomic E-state index is 0.0813. The zero-order valence-electron chi connectivity index (χ0n) is 24.9. The summed E-state index contributed by atoms with van der Waals surface area (Å²) in [4.78, 5) is 16.0. The number of rotatable bonds is 7.